The Morgan fingerprint density at radius 2 is 1.91 bits per heavy atom. The maximum atomic E-state index is 12.5. The molecule has 4 N–H and O–H groups in total. The fourth-order valence-electron chi connectivity index (χ4n) is 4.56. The Morgan fingerprint density at radius 3 is 2.63 bits per heavy atom. The summed E-state index contributed by atoms with van der Waals surface area (Å²) in [6.45, 7) is 3.88. The number of aliphatic hydroxyl groups excluding tert-OH is 1. The molecule has 14 heteroatoms. The number of amides is 2. The Balaban J connectivity index is 1.39. The van der Waals surface area contributed by atoms with Crippen molar-refractivity contribution in [2.45, 2.75) is 32.7 Å². The van der Waals surface area contributed by atoms with Gasteiger partial charge in [-0.05, 0) is 82.9 Å². The zero-order valence-electron chi connectivity index (χ0n) is 25.6. The van der Waals surface area contributed by atoms with E-state index in [1.54, 1.807) is 43.3 Å². The van der Waals surface area contributed by atoms with Gasteiger partial charge < -0.3 is 39.4 Å². The van der Waals surface area contributed by atoms with Crippen molar-refractivity contribution < 1.29 is 38.4 Å². The van der Waals surface area contributed by atoms with Crippen LogP contribution in [0.1, 0.15) is 36.6 Å². The Kier molecular flexibility index (Phi) is 12.1. The first-order valence-corrected chi connectivity index (χ1v) is 15.3. The molecule has 0 fully saturated rings. The monoisotopic (exact) mass is 716 g/mol. The average molecular weight is 718 g/mol. The third kappa shape index (κ3) is 8.83. The SMILES string of the molecule is CCOc1cc([C@H]2NC(=O)NC(C)=C2C(=O)OC)ccc1OC[C@H](O)N/N=C/c1cc(Br)c(OCc2cccc(Cl)c2)c(OC)c1. The van der Waals surface area contributed by atoms with Crippen molar-refractivity contribution in [2.75, 3.05) is 27.4 Å². The molecule has 1 aliphatic rings. The molecule has 0 aliphatic carbocycles. The molecule has 0 unspecified atom stereocenters. The van der Waals surface area contributed by atoms with E-state index in [4.69, 9.17) is 35.3 Å². The smallest absolute Gasteiger partial charge is 0.337 e. The summed E-state index contributed by atoms with van der Waals surface area (Å²) in [5.41, 5.74) is 5.44. The molecule has 0 saturated heterocycles. The maximum absolute atomic E-state index is 12.5. The van der Waals surface area contributed by atoms with Crippen LogP contribution in [-0.2, 0) is 16.1 Å². The van der Waals surface area contributed by atoms with Gasteiger partial charge in [-0.1, -0.05) is 29.8 Å². The highest BCUT2D eigenvalue weighted by molar-refractivity contribution is 9.10. The molecule has 2 atom stereocenters. The number of benzene rings is 3. The van der Waals surface area contributed by atoms with Gasteiger partial charge in [0.2, 0.25) is 0 Å². The van der Waals surface area contributed by atoms with Gasteiger partial charge in [-0.3, -0.25) is 5.43 Å². The molecule has 4 rings (SSSR count). The van der Waals surface area contributed by atoms with Crippen molar-refractivity contribution >= 4 is 45.7 Å². The van der Waals surface area contributed by atoms with Gasteiger partial charge in [0.1, 0.15) is 13.2 Å². The molecule has 12 nitrogen and oxygen atoms in total. The molecule has 3 aromatic rings. The van der Waals surface area contributed by atoms with Crippen LogP contribution in [0, 0.1) is 0 Å². The number of methoxy groups -OCH3 is 2. The van der Waals surface area contributed by atoms with Crippen LogP contribution in [0.5, 0.6) is 23.0 Å². The minimum Gasteiger partial charge on any atom is -0.493 e. The van der Waals surface area contributed by atoms with E-state index in [-0.39, 0.29) is 12.2 Å². The number of nitrogens with one attached hydrogen (secondary N) is 3. The second kappa shape index (κ2) is 16.2. The molecule has 46 heavy (non-hydrogen) atoms. The van der Waals surface area contributed by atoms with Crippen LogP contribution < -0.4 is 35.0 Å². The number of hydrazone groups is 1. The van der Waals surface area contributed by atoms with Crippen LogP contribution in [0.2, 0.25) is 5.02 Å². The summed E-state index contributed by atoms with van der Waals surface area (Å²) in [5.74, 6) is 1.14. The fraction of sp³-hybridized carbons (Fsp3) is 0.281. The summed E-state index contributed by atoms with van der Waals surface area (Å²) in [7, 11) is 2.81. The molecule has 2 amide bonds. The molecule has 1 heterocycles. The van der Waals surface area contributed by atoms with Gasteiger partial charge in [-0.2, -0.15) is 5.10 Å². The van der Waals surface area contributed by atoms with Crippen LogP contribution in [0.4, 0.5) is 4.79 Å². The summed E-state index contributed by atoms with van der Waals surface area (Å²) >= 11 is 9.59. The molecule has 0 saturated carbocycles. The third-order valence-corrected chi connectivity index (χ3v) is 7.46. The molecular weight excluding hydrogens is 684 g/mol. The number of urea groups is 1. The predicted molar refractivity (Wildman–Crippen MR) is 175 cm³/mol. The lowest BCUT2D eigenvalue weighted by atomic mass is 9.95. The number of aliphatic hydroxyl groups is 1. The van der Waals surface area contributed by atoms with Gasteiger partial charge in [0.05, 0.1) is 43.1 Å². The van der Waals surface area contributed by atoms with Crippen molar-refractivity contribution in [3.63, 3.8) is 0 Å². The normalized spacial score (nSPS) is 15.1. The van der Waals surface area contributed by atoms with Crippen molar-refractivity contribution in [1.29, 1.82) is 0 Å². The van der Waals surface area contributed by atoms with Gasteiger partial charge in [0, 0.05) is 10.7 Å². The standard InChI is InChI=1S/C32H34BrClN4O8/c1-5-44-25-14-21(29-28(31(40)43-4)18(2)36-32(41)37-29)9-10-24(25)45-17-27(39)38-35-15-20-12-23(33)30(26(13-20)42-3)46-16-19-7-6-8-22(34)11-19/h6-15,27,29,38-39H,5,16-17H2,1-4H3,(H2,36,37,41)/b35-15+/t27-,29+/m0/s1. The van der Waals surface area contributed by atoms with Crippen molar-refractivity contribution in [3.8, 4) is 23.0 Å². The van der Waals surface area contributed by atoms with Gasteiger partial charge in [0.25, 0.3) is 0 Å². The molecular formula is C32H34BrClN4O8. The summed E-state index contributed by atoms with van der Waals surface area (Å²) in [6.07, 6.45) is 0.343. The van der Waals surface area contributed by atoms with Crippen LogP contribution in [0.15, 0.2) is 75.4 Å². The van der Waals surface area contributed by atoms with Gasteiger partial charge in [-0.25, -0.2) is 9.59 Å². The average Bonchev–Trinajstić information content (AvgIpc) is 3.03. The number of esters is 1. The number of ether oxygens (including phenoxy) is 5. The number of rotatable bonds is 14. The number of carbonyl (C=O) groups is 2. The Labute approximate surface area is 279 Å². The van der Waals surface area contributed by atoms with E-state index in [1.165, 1.54) is 20.4 Å². The lowest BCUT2D eigenvalue weighted by Crippen LogP contribution is -2.45. The predicted octanol–water partition coefficient (Wildman–Crippen LogP) is 5.21. The Hall–Kier alpha value is -4.46. The number of halogens is 2. The van der Waals surface area contributed by atoms with E-state index in [9.17, 15) is 14.7 Å². The number of nitrogens with zero attached hydrogens (tertiary/aromatic N) is 1. The van der Waals surface area contributed by atoms with E-state index in [0.29, 0.717) is 62.5 Å². The number of allylic oxidation sites excluding steroid dienone is 1. The molecule has 0 bridgehead atoms. The van der Waals surface area contributed by atoms with Crippen LogP contribution >= 0.6 is 27.5 Å². The van der Waals surface area contributed by atoms with E-state index in [1.807, 2.05) is 25.1 Å². The van der Waals surface area contributed by atoms with Crippen molar-refractivity contribution in [2.24, 2.45) is 5.10 Å². The quantitative estimate of drug-likeness (QED) is 0.0764. The van der Waals surface area contributed by atoms with E-state index in [0.717, 1.165) is 5.56 Å². The first kappa shape index (κ1) is 34.4. The zero-order chi connectivity index (χ0) is 33.2. The first-order valence-electron chi connectivity index (χ1n) is 14.1. The molecule has 0 aromatic heterocycles. The molecule has 244 valence electrons. The number of hydrogen-bond acceptors (Lipinski definition) is 10. The molecule has 0 spiro atoms. The van der Waals surface area contributed by atoms with Crippen LogP contribution in [0.25, 0.3) is 0 Å². The first-order chi connectivity index (χ1) is 22.1. The van der Waals surface area contributed by atoms with E-state index >= 15 is 0 Å². The lowest BCUT2D eigenvalue weighted by molar-refractivity contribution is -0.136. The third-order valence-electron chi connectivity index (χ3n) is 6.63. The summed E-state index contributed by atoms with van der Waals surface area (Å²) in [4.78, 5) is 24.6. The minimum absolute atomic E-state index is 0.170. The highest BCUT2D eigenvalue weighted by Crippen LogP contribution is 2.37. The molecule has 1 aliphatic heterocycles. The highest BCUT2D eigenvalue weighted by Gasteiger charge is 2.32. The van der Waals surface area contributed by atoms with E-state index in [2.05, 4.69) is 37.1 Å². The van der Waals surface area contributed by atoms with Gasteiger partial charge >= 0.3 is 12.0 Å². The maximum Gasteiger partial charge on any atom is 0.337 e. The zero-order valence-corrected chi connectivity index (χ0v) is 27.9. The van der Waals surface area contributed by atoms with Crippen LogP contribution in [-0.4, -0.2) is 57.0 Å². The topological polar surface area (TPSA) is 149 Å². The summed E-state index contributed by atoms with van der Waals surface area (Å²) in [6, 6.07) is 14.7. The lowest BCUT2D eigenvalue weighted by Gasteiger charge is -2.28. The summed E-state index contributed by atoms with van der Waals surface area (Å²) in [5, 5.41) is 20.6. The van der Waals surface area contributed by atoms with E-state index < -0.39 is 24.3 Å². The summed E-state index contributed by atoms with van der Waals surface area (Å²) < 4.78 is 28.6. The fourth-order valence-corrected chi connectivity index (χ4v) is 5.34. The van der Waals surface area contributed by atoms with Crippen molar-refractivity contribution in [3.05, 3.63) is 92.1 Å². The van der Waals surface area contributed by atoms with Gasteiger partial charge in [-0.15, -0.1) is 0 Å². The minimum atomic E-state index is -1.17. The number of carbonyl (C=O) groups excluding carboxylic acids is 2. The number of hydrogen-bond donors (Lipinski definition) is 4. The second-order valence-electron chi connectivity index (χ2n) is 9.87. The van der Waals surface area contributed by atoms with Gasteiger partial charge in [0.15, 0.2) is 29.2 Å². The molecule has 3 aromatic carbocycles. The second-order valence-corrected chi connectivity index (χ2v) is 11.2. The largest absolute Gasteiger partial charge is 0.493 e. The Bertz CT molecular complexity index is 1630. The highest BCUT2D eigenvalue weighted by atomic mass is 79.9. The van der Waals surface area contributed by atoms with Crippen LogP contribution in [0.3, 0.4) is 0 Å². The molecule has 0 radical (unpaired) electrons. The van der Waals surface area contributed by atoms with Crippen molar-refractivity contribution in [1.82, 2.24) is 16.1 Å². The Morgan fingerprint density at radius 1 is 1.11 bits per heavy atom.